The van der Waals surface area contributed by atoms with Crippen molar-refractivity contribution in [1.82, 2.24) is 19.2 Å². The first-order chi connectivity index (χ1) is 9.96. The maximum atomic E-state index is 12.4. The smallest absolute Gasteiger partial charge is 0.260 e. The molecule has 0 amide bonds. The van der Waals surface area contributed by atoms with Crippen LogP contribution >= 0.6 is 0 Å². The summed E-state index contributed by atoms with van der Waals surface area (Å²) in [5.41, 5.74) is 5.65. The van der Waals surface area contributed by atoms with Crippen LogP contribution in [0.25, 0.3) is 0 Å². The van der Waals surface area contributed by atoms with Gasteiger partial charge < -0.3 is 10.7 Å². The number of hydrogen-bond acceptors (Lipinski definition) is 5. The highest BCUT2D eigenvalue weighted by molar-refractivity contribution is 7.89. The van der Waals surface area contributed by atoms with Gasteiger partial charge in [0, 0.05) is 26.2 Å². The molecule has 0 aliphatic carbocycles. The predicted molar refractivity (Wildman–Crippen MR) is 79.5 cm³/mol. The summed E-state index contributed by atoms with van der Waals surface area (Å²) >= 11 is 0. The number of sulfonamides is 1. The fourth-order valence-electron chi connectivity index (χ4n) is 2.59. The molecule has 1 aliphatic rings. The number of aromatic nitrogens is 2. The van der Waals surface area contributed by atoms with Gasteiger partial charge in [0.05, 0.1) is 18.6 Å². The molecule has 8 nitrogen and oxygen atoms in total. The molecule has 1 unspecified atom stereocenters. The maximum absolute atomic E-state index is 12.4. The molecule has 21 heavy (non-hydrogen) atoms. The molecule has 0 spiro atoms. The van der Waals surface area contributed by atoms with Gasteiger partial charge in [0.2, 0.25) is 0 Å². The number of nitrogens with one attached hydrogen (secondary N) is 2. The van der Waals surface area contributed by atoms with Gasteiger partial charge in [-0.15, -0.1) is 0 Å². The molecule has 0 aromatic carbocycles. The van der Waals surface area contributed by atoms with Gasteiger partial charge in [0.15, 0.2) is 5.03 Å². The Morgan fingerprint density at radius 2 is 2.14 bits per heavy atom. The minimum absolute atomic E-state index is 0.0907. The van der Waals surface area contributed by atoms with E-state index in [9.17, 15) is 8.42 Å². The third-order valence-electron chi connectivity index (χ3n) is 3.73. The van der Waals surface area contributed by atoms with Gasteiger partial charge in [0.25, 0.3) is 10.0 Å². The molecule has 118 valence electrons. The van der Waals surface area contributed by atoms with Crippen LogP contribution in [0.2, 0.25) is 0 Å². The Kier molecular flexibility index (Phi) is 4.96. The van der Waals surface area contributed by atoms with Crippen molar-refractivity contribution in [1.29, 1.82) is 5.41 Å². The van der Waals surface area contributed by atoms with Crippen LogP contribution < -0.4 is 5.73 Å². The lowest BCUT2D eigenvalue weighted by atomic mass is 10.1. The fraction of sp³-hybridized carbons (Fsp3) is 0.667. The van der Waals surface area contributed by atoms with Gasteiger partial charge >= 0.3 is 0 Å². The van der Waals surface area contributed by atoms with E-state index in [-0.39, 0.29) is 16.9 Å². The van der Waals surface area contributed by atoms with E-state index >= 15 is 0 Å². The van der Waals surface area contributed by atoms with E-state index in [1.807, 2.05) is 0 Å². The molecule has 1 aromatic heterocycles. The van der Waals surface area contributed by atoms with Crippen molar-refractivity contribution in [3.63, 3.8) is 0 Å². The average Bonchev–Trinajstić information content (AvgIpc) is 2.99. The van der Waals surface area contributed by atoms with Crippen LogP contribution in [0.3, 0.4) is 0 Å². The molecule has 1 aromatic rings. The third-order valence-corrected chi connectivity index (χ3v) is 5.55. The summed E-state index contributed by atoms with van der Waals surface area (Å²) < 4.78 is 26.2. The van der Waals surface area contributed by atoms with Crippen molar-refractivity contribution < 1.29 is 8.42 Å². The zero-order chi connectivity index (χ0) is 15.5. The zero-order valence-electron chi connectivity index (χ0n) is 12.1. The number of hydrogen-bond donors (Lipinski definition) is 3. The second-order valence-corrected chi connectivity index (χ2v) is 7.02. The standard InChI is InChI=1S/C12H22N6O2S/c1-2-3-10(12(13)14)17-4-6-18(7-5-17)21(19,20)11-8-15-9-16-11/h8-10H,2-7H2,1H3,(H3,13,14)(H,15,16). The van der Waals surface area contributed by atoms with E-state index in [4.69, 9.17) is 11.1 Å². The highest BCUT2D eigenvalue weighted by Crippen LogP contribution is 2.17. The number of piperazine rings is 1. The van der Waals surface area contributed by atoms with Crippen LogP contribution in [-0.4, -0.2) is 65.6 Å². The molecule has 2 heterocycles. The van der Waals surface area contributed by atoms with Crippen molar-refractivity contribution >= 4 is 15.9 Å². The fourth-order valence-corrected chi connectivity index (χ4v) is 3.90. The molecule has 2 rings (SSSR count). The summed E-state index contributed by atoms with van der Waals surface area (Å²) in [6.45, 7) is 4.01. The monoisotopic (exact) mass is 314 g/mol. The number of nitrogens with two attached hydrogens (primary N) is 1. The number of aromatic amines is 1. The first-order valence-corrected chi connectivity index (χ1v) is 8.47. The molecule has 9 heteroatoms. The summed E-state index contributed by atoms with van der Waals surface area (Å²) in [7, 11) is -3.50. The lowest BCUT2D eigenvalue weighted by Gasteiger charge is -2.38. The second-order valence-electron chi connectivity index (χ2n) is 5.12. The van der Waals surface area contributed by atoms with Crippen LogP contribution in [0.15, 0.2) is 17.6 Å². The van der Waals surface area contributed by atoms with E-state index in [1.165, 1.54) is 16.8 Å². The number of rotatable bonds is 6. The number of H-pyrrole nitrogens is 1. The number of amidine groups is 1. The van der Waals surface area contributed by atoms with Gasteiger partial charge in [-0.2, -0.15) is 4.31 Å². The predicted octanol–water partition coefficient (Wildman–Crippen LogP) is -0.179. The van der Waals surface area contributed by atoms with Gasteiger partial charge in [-0.1, -0.05) is 13.3 Å². The summed E-state index contributed by atoms with van der Waals surface area (Å²) in [5, 5.41) is 7.79. The topological polar surface area (TPSA) is 119 Å². The summed E-state index contributed by atoms with van der Waals surface area (Å²) in [5.74, 6) is 0.154. The molecular weight excluding hydrogens is 292 g/mol. The molecule has 0 radical (unpaired) electrons. The molecule has 0 saturated carbocycles. The van der Waals surface area contributed by atoms with Crippen molar-refractivity contribution in [3.05, 3.63) is 12.5 Å². The highest BCUT2D eigenvalue weighted by atomic mass is 32.2. The lowest BCUT2D eigenvalue weighted by molar-refractivity contribution is 0.160. The molecule has 0 bridgehead atoms. The molecule has 1 atom stereocenters. The summed E-state index contributed by atoms with van der Waals surface area (Å²) in [4.78, 5) is 8.48. The Morgan fingerprint density at radius 3 is 2.62 bits per heavy atom. The van der Waals surface area contributed by atoms with E-state index in [2.05, 4.69) is 21.8 Å². The Labute approximate surface area is 124 Å². The van der Waals surface area contributed by atoms with E-state index in [0.717, 1.165) is 12.8 Å². The van der Waals surface area contributed by atoms with Crippen molar-refractivity contribution in [2.24, 2.45) is 5.73 Å². The van der Waals surface area contributed by atoms with Crippen LogP contribution in [0, 0.1) is 5.41 Å². The van der Waals surface area contributed by atoms with E-state index in [1.54, 1.807) is 0 Å². The highest BCUT2D eigenvalue weighted by Gasteiger charge is 2.32. The molecular formula is C12H22N6O2S. The minimum Gasteiger partial charge on any atom is -0.386 e. The first-order valence-electron chi connectivity index (χ1n) is 7.03. The summed E-state index contributed by atoms with van der Waals surface area (Å²) in [6.07, 6.45) is 4.44. The van der Waals surface area contributed by atoms with Gasteiger partial charge in [0.1, 0.15) is 5.84 Å². The van der Waals surface area contributed by atoms with Crippen LogP contribution in [0.4, 0.5) is 0 Å². The van der Waals surface area contributed by atoms with Gasteiger partial charge in [-0.25, -0.2) is 13.4 Å². The van der Waals surface area contributed by atoms with Crippen LogP contribution in [0.1, 0.15) is 19.8 Å². The van der Waals surface area contributed by atoms with E-state index in [0.29, 0.717) is 26.2 Å². The molecule has 1 aliphatic heterocycles. The SMILES string of the molecule is CCCC(C(=N)N)N1CCN(S(=O)(=O)c2cnc[nH]2)CC1. The number of nitrogens with zero attached hydrogens (tertiary/aromatic N) is 3. The normalized spacial score (nSPS) is 19.5. The second kappa shape index (κ2) is 6.54. The molecule has 1 fully saturated rings. The van der Waals surface area contributed by atoms with Gasteiger partial charge in [-0.3, -0.25) is 10.3 Å². The van der Waals surface area contributed by atoms with Gasteiger partial charge in [-0.05, 0) is 6.42 Å². The average molecular weight is 314 g/mol. The molecule has 4 N–H and O–H groups in total. The zero-order valence-corrected chi connectivity index (χ0v) is 12.9. The Bertz CT molecular complexity index is 563. The van der Waals surface area contributed by atoms with Crippen LogP contribution in [0.5, 0.6) is 0 Å². The Morgan fingerprint density at radius 1 is 1.48 bits per heavy atom. The van der Waals surface area contributed by atoms with E-state index < -0.39 is 10.0 Å². The Balaban J connectivity index is 2.02. The summed E-state index contributed by atoms with van der Waals surface area (Å²) in [6, 6.07) is -0.0907. The maximum Gasteiger partial charge on any atom is 0.260 e. The first kappa shape index (κ1) is 15.9. The third kappa shape index (κ3) is 3.42. The van der Waals surface area contributed by atoms with Crippen LogP contribution in [-0.2, 0) is 10.0 Å². The quantitative estimate of drug-likeness (QED) is 0.497. The number of imidazole rings is 1. The lowest BCUT2D eigenvalue weighted by Crippen LogP contribution is -2.55. The Hall–Kier alpha value is -1.45. The van der Waals surface area contributed by atoms with Crippen molar-refractivity contribution in [2.75, 3.05) is 26.2 Å². The van der Waals surface area contributed by atoms with Crippen molar-refractivity contribution in [2.45, 2.75) is 30.8 Å². The van der Waals surface area contributed by atoms with Crippen molar-refractivity contribution in [3.8, 4) is 0 Å². The largest absolute Gasteiger partial charge is 0.386 e. The molecule has 1 saturated heterocycles. The minimum atomic E-state index is -3.50.